The Hall–Kier alpha value is -1.65. The first-order valence-corrected chi connectivity index (χ1v) is 5.71. The number of hydrogen-bond donors (Lipinski definition) is 1. The number of ether oxygens (including phenoxy) is 1. The first-order chi connectivity index (χ1) is 8.61. The topological polar surface area (TPSA) is 48.4 Å². The maximum absolute atomic E-state index is 13.8. The highest BCUT2D eigenvalue weighted by Crippen LogP contribution is 2.24. The number of nitrogens with two attached hydrogens (primary N) is 1. The van der Waals surface area contributed by atoms with Crippen molar-refractivity contribution in [1.29, 1.82) is 0 Å². The molecule has 0 saturated carbocycles. The quantitative estimate of drug-likeness (QED) is 0.906. The van der Waals surface area contributed by atoms with E-state index in [-0.39, 0.29) is 5.82 Å². The van der Waals surface area contributed by atoms with E-state index in [1.165, 1.54) is 6.07 Å². The van der Waals surface area contributed by atoms with E-state index in [2.05, 4.69) is 0 Å². The molecule has 0 bridgehead atoms. The molecule has 0 amide bonds. The van der Waals surface area contributed by atoms with Gasteiger partial charge in [0, 0.05) is 12.7 Å². The summed E-state index contributed by atoms with van der Waals surface area (Å²) < 4.78 is 24.3. The number of benzene rings is 1. The van der Waals surface area contributed by atoms with Gasteiger partial charge in [-0.2, -0.15) is 0 Å². The molecule has 96 valence electrons. The van der Waals surface area contributed by atoms with Crippen molar-refractivity contribution in [2.24, 2.45) is 5.73 Å². The largest absolute Gasteiger partial charge is 0.462 e. The minimum absolute atomic E-state index is 0.313. The van der Waals surface area contributed by atoms with Gasteiger partial charge in [-0.1, -0.05) is 12.1 Å². The fraction of sp³-hybridized carbons (Fsp3) is 0.286. The Morgan fingerprint density at radius 3 is 2.78 bits per heavy atom. The molecule has 0 spiro atoms. The van der Waals surface area contributed by atoms with Crippen LogP contribution in [0.1, 0.15) is 28.7 Å². The van der Waals surface area contributed by atoms with Gasteiger partial charge in [0.2, 0.25) is 0 Å². The molecule has 1 heterocycles. The lowest BCUT2D eigenvalue weighted by molar-refractivity contribution is 0.162. The van der Waals surface area contributed by atoms with Crippen LogP contribution in [0.3, 0.4) is 0 Å². The van der Waals surface area contributed by atoms with Gasteiger partial charge in [-0.25, -0.2) is 4.39 Å². The molecule has 2 aromatic rings. The number of aryl methyl sites for hydroxylation is 1. The van der Waals surface area contributed by atoms with Gasteiger partial charge in [-0.15, -0.1) is 0 Å². The molecule has 1 unspecified atom stereocenters. The molecular weight excluding hydrogens is 233 g/mol. The highest BCUT2D eigenvalue weighted by atomic mass is 19.1. The smallest absolute Gasteiger partial charge is 0.129 e. The van der Waals surface area contributed by atoms with Crippen molar-refractivity contribution in [3.63, 3.8) is 0 Å². The van der Waals surface area contributed by atoms with E-state index in [1.54, 1.807) is 25.3 Å². The summed E-state index contributed by atoms with van der Waals surface area (Å²) in [5, 5.41) is 0. The number of halogens is 1. The van der Waals surface area contributed by atoms with Gasteiger partial charge < -0.3 is 14.9 Å². The fourth-order valence-electron chi connectivity index (χ4n) is 1.82. The molecule has 3 nitrogen and oxygen atoms in total. The zero-order valence-corrected chi connectivity index (χ0v) is 10.4. The van der Waals surface area contributed by atoms with Gasteiger partial charge in [0.05, 0.1) is 6.04 Å². The maximum Gasteiger partial charge on any atom is 0.129 e. The molecule has 18 heavy (non-hydrogen) atoms. The molecule has 2 rings (SSSR count). The van der Waals surface area contributed by atoms with Crippen LogP contribution in [0.25, 0.3) is 0 Å². The van der Waals surface area contributed by atoms with Crippen LogP contribution in [0, 0.1) is 12.7 Å². The van der Waals surface area contributed by atoms with Crippen LogP contribution in [0.5, 0.6) is 0 Å². The van der Waals surface area contributed by atoms with E-state index < -0.39 is 6.04 Å². The van der Waals surface area contributed by atoms with Gasteiger partial charge in [0.1, 0.15) is 23.9 Å². The fourth-order valence-corrected chi connectivity index (χ4v) is 1.82. The standard InChI is InChI=1S/C14H16FNO2/c1-9-3-5-11(12(15)7-9)14(16)13-6-4-10(18-13)8-17-2/h3-7,14H,8,16H2,1-2H3. The van der Waals surface area contributed by atoms with Crippen molar-refractivity contribution < 1.29 is 13.5 Å². The summed E-state index contributed by atoms with van der Waals surface area (Å²) in [6.45, 7) is 2.21. The molecule has 2 N–H and O–H groups in total. The van der Waals surface area contributed by atoms with Gasteiger partial charge in [-0.3, -0.25) is 0 Å². The third-order valence-corrected chi connectivity index (χ3v) is 2.77. The van der Waals surface area contributed by atoms with E-state index in [1.807, 2.05) is 13.0 Å². The Bertz CT molecular complexity index is 536. The third kappa shape index (κ3) is 2.60. The van der Waals surface area contributed by atoms with Crippen molar-refractivity contribution in [1.82, 2.24) is 0 Å². The van der Waals surface area contributed by atoms with Crippen LogP contribution in [-0.4, -0.2) is 7.11 Å². The Balaban J connectivity index is 2.26. The van der Waals surface area contributed by atoms with Crippen molar-refractivity contribution >= 4 is 0 Å². The van der Waals surface area contributed by atoms with Crippen molar-refractivity contribution in [3.8, 4) is 0 Å². The zero-order valence-electron chi connectivity index (χ0n) is 10.4. The lowest BCUT2D eigenvalue weighted by atomic mass is 10.0. The minimum atomic E-state index is -0.601. The van der Waals surface area contributed by atoms with Crippen LogP contribution in [-0.2, 0) is 11.3 Å². The monoisotopic (exact) mass is 249 g/mol. The Morgan fingerprint density at radius 2 is 2.11 bits per heavy atom. The Kier molecular flexibility index (Phi) is 3.79. The predicted molar refractivity (Wildman–Crippen MR) is 66.6 cm³/mol. The minimum Gasteiger partial charge on any atom is -0.462 e. The van der Waals surface area contributed by atoms with E-state index >= 15 is 0 Å². The van der Waals surface area contributed by atoms with E-state index in [0.717, 1.165) is 5.56 Å². The van der Waals surface area contributed by atoms with Gasteiger partial charge >= 0.3 is 0 Å². The van der Waals surface area contributed by atoms with Crippen LogP contribution in [0.2, 0.25) is 0 Å². The summed E-state index contributed by atoms with van der Waals surface area (Å²) >= 11 is 0. The van der Waals surface area contributed by atoms with Crippen LogP contribution >= 0.6 is 0 Å². The number of methoxy groups -OCH3 is 1. The maximum atomic E-state index is 13.8. The second-order valence-electron chi connectivity index (χ2n) is 4.24. The average Bonchev–Trinajstić information content (AvgIpc) is 2.77. The summed E-state index contributed by atoms with van der Waals surface area (Å²) in [4.78, 5) is 0. The second-order valence-corrected chi connectivity index (χ2v) is 4.24. The molecule has 0 fully saturated rings. The molecular formula is C14H16FNO2. The Morgan fingerprint density at radius 1 is 1.33 bits per heavy atom. The van der Waals surface area contributed by atoms with E-state index in [0.29, 0.717) is 23.7 Å². The molecule has 0 aliphatic heterocycles. The summed E-state index contributed by atoms with van der Waals surface area (Å²) in [6, 6.07) is 7.92. The molecule has 4 heteroatoms. The van der Waals surface area contributed by atoms with E-state index in [9.17, 15) is 4.39 Å². The van der Waals surface area contributed by atoms with Crippen molar-refractivity contribution in [2.45, 2.75) is 19.6 Å². The second kappa shape index (κ2) is 5.33. The molecule has 1 aromatic heterocycles. The van der Waals surface area contributed by atoms with Gasteiger partial charge in [-0.05, 0) is 30.7 Å². The van der Waals surface area contributed by atoms with E-state index in [4.69, 9.17) is 14.9 Å². The van der Waals surface area contributed by atoms with Crippen LogP contribution in [0.15, 0.2) is 34.7 Å². The lowest BCUT2D eigenvalue weighted by Gasteiger charge is -2.11. The third-order valence-electron chi connectivity index (χ3n) is 2.77. The van der Waals surface area contributed by atoms with Crippen molar-refractivity contribution in [3.05, 3.63) is 58.8 Å². The number of rotatable bonds is 4. The normalized spacial score (nSPS) is 12.7. The summed E-state index contributed by atoms with van der Waals surface area (Å²) in [5.41, 5.74) is 7.30. The SMILES string of the molecule is COCc1ccc(C(N)c2ccc(C)cc2F)o1. The first-order valence-electron chi connectivity index (χ1n) is 5.71. The summed E-state index contributed by atoms with van der Waals surface area (Å²) in [5.74, 6) is 0.896. The molecule has 1 aromatic carbocycles. The van der Waals surface area contributed by atoms with Crippen LogP contribution < -0.4 is 5.73 Å². The lowest BCUT2D eigenvalue weighted by Crippen LogP contribution is -2.12. The first kappa shape index (κ1) is 12.8. The average molecular weight is 249 g/mol. The molecule has 0 aliphatic carbocycles. The van der Waals surface area contributed by atoms with Crippen LogP contribution in [0.4, 0.5) is 4.39 Å². The zero-order chi connectivity index (χ0) is 13.1. The van der Waals surface area contributed by atoms with Crippen molar-refractivity contribution in [2.75, 3.05) is 7.11 Å². The number of hydrogen-bond acceptors (Lipinski definition) is 3. The van der Waals surface area contributed by atoms with Gasteiger partial charge in [0.25, 0.3) is 0 Å². The number of furan rings is 1. The Labute approximate surface area is 105 Å². The summed E-state index contributed by atoms with van der Waals surface area (Å²) in [7, 11) is 1.59. The highest BCUT2D eigenvalue weighted by molar-refractivity contribution is 5.30. The molecule has 0 aliphatic rings. The highest BCUT2D eigenvalue weighted by Gasteiger charge is 2.17. The molecule has 0 saturated heterocycles. The predicted octanol–water partition coefficient (Wildman–Crippen LogP) is 2.92. The van der Waals surface area contributed by atoms with Gasteiger partial charge in [0.15, 0.2) is 0 Å². The molecule has 0 radical (unpaired) electrons. The molecule has 1 atom stereocenters. The summed E-state index contributed by atoms with van der Waals surface area (Å²) in [6.07, 6.45) is 0.